The zero-order valence-electron chi connectivity index (χ0n) is 13.8. The van der Waals surface area contributed by atoms with Crippen LogP contribution in [0, 0.1) is 0 Å². The minimum absolute atomic E-state index is 0.00460. The molecule has 7 N–H and O–H groups in total. The topological polar surface area (TPSA) is 128 Å². The Morgan fingerprint density at radius 2 is 1.92 bits per heavy atom. The van der Waals surface area contributed by atoms with Gasteiger partial charge >= 0.3 is 6.03 Å². The van der Waals surface area contributed by atoms with Gasteiger partial charge in [-0.25, -0.2) is 4.79 Å². The second kappa shape index (κ2) is 9.03. The molecule has 2 aromatic carbocycles. The fraction of sp³-hybridized carbons (Fsp3) is 0.278. The summed E-state index contributed by atoms with van der Waals surface area (Å²) in [6.45, 7) is 0.629. The lowest BCUT2D eigenvalue weighted by Crippen LogP contribution is -2.25. The van der Waals surface area contributed by atoms with E-state index in [0.717, 1.165) is 5.56 Å². The van der Waals surface area contributed by atoms with E-state index in [1.807, 2.05) is 18.2 Å². The standard InChI is InChI=1S/C18H23N3O4/c19-18(25)21-15-4-2-1-3-12(15)7-8-20-10-17(24)13-5-6-16(23)14(9-13)11-22/h1-6,9,17,20,22-24H,7-8,10-11H2,(H3,19,21,25). The predicted molar refractivity (Wildman–Crippen MR) is 95.2 cm³/mol. The first kappa shape index (κ1) is 18.7. The van der Waals surface area contributed by atoms with Crippen LogP contribution in [0.25, 0.3) is 0 Å². The number of nitrogens with two attached hydrogens (primary N) is 1. The van der Waals surface area contributed by atoms with E-state index in [1.54, 1.807) is 18.2 Å². The van der Waals surface area contributed by atoms with Gasteiger partial charge in [-0.15, -0.1) is 0 Å². The second-order valence-electron chi connectivity index (χ2n) is 5.66. The van der Waals surface area contributed by atoms with Gasteiger partial charge in [-0.05, 0) is 42.3 Å². The summed E-state index contributed by atoms with van der Waals surface area (Å²) < 4.78 is 0. The van der Waals surface area contributed by atoms with E-state index in [4.69, 9.17) is 10.8 Å². The van der Waals surface area contributed by atoms with E-state index in [2.05, 4.69) is 10.6 Å². The number of anilines is 1. The number of carbonyl (C=O) groups is 1. The number of benzene rings is 2. The molecular formula is C18H23N3O4. The van der Waals surface area contributed by atoms with Gasteiger partial charge in [0.1, 0.15) is 5.75 Å². The molecule has 0 aliphatic carbocycles. The molecule has 7 heteroatoms. The first-order valence-corrected chi connectivity index (χ1v) is 7.97. The van der Waals surface area contributed by atoms with E-state index in [1.165, 1.54) is 6.07 Å². The molecule has 2 amide bonds. The minimum Gasteiger partial charge on any atom is -0.508 e. The largest absolute Gasteiger partial charge is 0.508 e. The zero-order chi connectivity index (χ0) is 18.2. The van der Waals surface area contributed by atoms with Crippen molar-refractivity contribution in [3.8, 4) is 5.75 Å². The monoisotopic (exact) mass is 345 g/mol. The number of hydrogen-bond donors (Lipinski definition) is 6. The van der Waals surface area contributed by atoms with Crippen LogP contribution < -0.4 is 16.4 Å². The van der Waals surface area contributed by atoms with Gasteiger partial charge in [0.2, 0.25) is 0 Å². The minimum atomic E-state index is -0.759. The van der Waals surface area contributed by atoms with Gasteiger partial charge < -0.3 is 31.7 Å². The Bertz CT molecular complexity index is 721. The number of primary amides is 1. The first-order chi connectivity index (χ1) is 12.0. The second-order valence-corrected chi connectivity index (χ2v) is 5.66. The summed E-state index contributed by atoms with van der Waals surface area (Å²) in [6, 6.07) is 11.4. The Morgan fingerprint density at radius 1 is 1.16 bits per heavy atom. The quantitative estimate of drug-likeness (QED) is 0.401. The number of aliphatic hydroxyl groups is 2. The molecule has 0 aromatic heterocycles. The highest BCUT2D eigenvalue weighted by molar-refractivity contribution is 5.88. The molecule has 134 valence electrons. The molecule has 1 atom stereocenters. The van der Waals surface area contributed by atoms with Crippen molar-refractivity contribution in [3.63, 3.8) is 0 Å². The number of urea groups is 1. The van der Waals surface area contributed by atoms with Gasteiger partial charge in [0.25, 0.3) is 0 Å². The summed E-state index contributed by atoms with van der Waals surface area (Å²) in [5.41, 5.74) is 7.76. The number of nitrogens with one attached hydrogen (secondary N) is 2. The van der Waals surface area contributed by atoms with Crippen LogP contribution in [0.1, 0.15) is 22.8 Å². The van der Waals surface area contributed by atoms with Crippen LogP contribution in [-0.2, 0) is 13.0 Å². The third-order valence-corrected chi connectivity index (χ3v) is 3.84. The summed E-state index contributed by atoms with van der Waals surface area (Å²) in [4.78, 5) is 11.0. The molecule has 2 rings (SSSR count). The maximum Gasteiger partial charge on any atom is 0.316 e. The molecule has 0 bridgehead atoms. The number of phenols is 1. The summed E-state index contributed by atoms with van der Waals surface area (Å²) in [6.07, 6.45) is -0.106. The Kier molecular flexibility index (Phi) is 6.76. The van der Waals surface area contributed by atoms with Crippen LogP contribution in [0.3, 0.4) is 0 Å². The fourth-order valence-corrected chi connectivity index (χ4v) is 2.51. The number of aromatic hydroxyl groups is 1. The van der Waals surface area contributed by atoms with Crippen LogP contribution in [-0.4, -0.2) is 34.4 Å². The van der Waals surface area contributed by atoms with Crippen LogP contribution >= 0.6 is 0 Å². The normalized spacial score (nSPS) is 11.9. The maximum absolute atomic E-state index is 11.0. The first-order valence-electron chi connectivity index (χ1n) is 7.97. The average molecular weight is 345 g/mol. The highest BCUT2D eigenvalue weighted by Gasteiger charge is 2.10. The van der Waals surface area contributed by atoms with Crippen LogP contribution in [0.2, 0.25) is 0 Å². The van der Waals surface area contributed by atoms with Crippen molar-refractivity contribution >= 4 is 11.7 Å². The molecule has 0 fully saturated rings. The van der Waals surface area contributed by atoms with Crippen molar-refractivity contribution in [2.75, 3.05) is 18.4 Å². The molecular weight excluding hydrogens is 322 g/mol. The Hall–Kier alpha value is -2.61. The van der Waals surface area contributed by atoms with Crippen molar-refractivity contribution in [1.82, 2.24) is 5.32 Å². The van der Waals surface area contributed by atoms with E-state index in [9.17, 15) is 15.0 Å². The van der Waals surface area contributed by atoms with Gasteiger partial charge in [-0.3, -0.25) is 0 Å². The lowest BCUT2D eigenvalue weighted by Gasteiger charge is -2.14. The van der Waals surface area contributed by atoms with Gasteiger partial charge in [0.15, 0.2) is 0 Å². The van der Waals surface area contributed by atoms with Crippen molar-refractivity contribution in [3.05, 3.63) is 59.2 Å². The molecule has 25 heavy (non-hydrogen) atoms. The molecule has 0 aliphatic heterocycles. The summed E-state index contributed by atoms with van der Waals surface area (Å²) in [7, 11) is 0. The predicted octanol–water partition coefficient (Wildman–Crippen LogP) is 1.24. The van der Waals surface area contributed by atoms with Gasteiger partial charge in [0, 0.05) is 17.8 Å². The molecule has 0 spiro atoms. The number of carbonyl (C=O) groups excluding carboxylic acids is 1. The van der Waals surface area contributed by atoms with Crippen molar-refractivity contribution in [2.45, 2.75) is 19.1 Å². The van der Waals surface area contributed by atoms with Crippen LogP contribution in [0.5, 0.6) is 5.75 Å². The molecule has 0 saturated carbocycles. The summed E-state index contributed by atoms with van der Waals surface area (Å²) in [5.74, 6) is 0.00460. The van der Waals surface area contributed by atoms with Gasteiger partial charge in [0.05, 0.1) is 12.7 Å². The average Bonchev–Trinajstić information content (AvgIpc) is 2.59. The highest BCUT2D eigenvalue weighted by atomic mass is 16.3. The Labute approximate surface area is 146 Å². The zero-order valence-corrected chi connectivity index (χ0v) is 13.8. The Balaban J connectivity index is 1.86. The third-order valence-electron chi connectivity index (χ3n) is 3.84. The van der Waals surface area contributed by atoms with Crippen LogP contribution in [0.15, 0.2) is 42.5 Å². The molecule has 0 aliphatic rings. The number of rotatable bonds is 8. The third kappa shape index (κ3) is 5.46. The summed E-state index contributed by atoms with van der Waals surface area (Å²) >= 11 is 0. The molecule has 0 heterocycles. The smallest absolute Gasteiger partial charge is 0.316 e. The molecule has 1 unspecified atom stereocenters. The van der Waals surface area contributed by atoms with E-state index in [-0.39, 0.29) is 12.4 Å². The van der Waals surface area contributed by atoms with E-state index >= 15 is 0 Å². The lowest BCUT2D eigenvalue weighted by atomic mass is 10.1. The van der Waals surface area contributed by atoms with Crippen LogP contribution in [0.4, 0.5) is 10.5 Å². The Morgan fingerprint density at radius 3 is 2.64 bits per heavy atom. The van der Waals surface area contributed by atoms with Gasteiger partial charge in [-0.1, -0.05) is 24.3 Å². The van der Waals surface area contributed by atoms with Crippen molar-refractivity contribution < 1.29 is 20.1 Å². The number of aliphatic hydroxyl groups excluding tert-OH is 2. The molecule has 2 aromatic rings. The lowest BCUT2D eigenvalue weighted by molar-refractivity contribution is 0.174. The molecule has 0 saturated heterocycles. The number of para-hydroxylation sites is 1. The fourth-order valence-electron chi connectivity index (χ4n) is 2.51. The van der Waals surface area contributed by atoms with E-state index in [0.29, 0.717) is 36.3 Å². The van der Waals surface area contributed by atoms with Crippen molar-refractivity contribution in [2.24, 2.45) is 5.73 Å². The number of amides is 2. The SMILES string of the molecule is NC(=O)Nc1ccccc1CCNCC(O)c1ccc(O)c(CO)c1. The number of hydrogen-bond acceptors (Lipinski definition) is 5. The van der Waals surface area contributed by atoms with Crippen molar-refractivity contribution in [1.29, 1.82) is 0 Å². The van der Waals surface area contributed by atoms with Gasteiger partial charge in [-0.2, -0.15) is 0 Å². The summed E-state index contributed by atoms with van der Waals surface area (Å²) in [5, 5.41) is 34.6. The molecule has 7 nitrogen and oxygen atoms in total. The van der Waals surface area contributed by atoms with E-state index < -0.39 is 12.1 Å². The highest BCUT2D eigenvalue weighted by Crippen LogP contribution is 2.22. The maximum atomic E-state index is 11.0. The molecule has 0 radical (unpaired) electrons.